The quantitative estimate of drug-likeness (QED) is 0.0790. The molecule has 0 unspecified atom stereocenters. The number of unbranched alkanes of at least 4 members (excludes halogenated alkanes) is 2. The minimum Gasteiger partial charge on any atom is -0.381 e. The first kappa shape index (κ1) is 39.5. The van der Waals surface area contributed by atoms with E-state index in [9.17, 15) is 0 Å². The maximum atomic E-state index is 7.01. The maximum absolute atomic E-state index is 7.01. The molecule has 56 heavy (non-hydrogen) atoms. The number of hydrogen-bond donors (Lipinski definition) is 0. The van der Waals surface area contributed by atoms with Crippen LogP contribution in [0.4, 0.5) is 0 Å². The van der Waals surface area contributed by atoms with Crippen LogP contribution in [0.2, 0.25) is 0 Å². The van der Waals surface area contributed by atoms with E-state index in [0.29, 0.717) is 38.4 Å². The minimum absolute atomic E-state index is 0.00731. The van der Waals surface area contributed by atoms with E-state index >= 15 is 0 Å². The summed E-state index contributed by atoms with van der Waals surface area (Å²) in [4.78, 5) is 2.58. The third-order valence-electron chi connectivity index (χ3n) is 13.0. The van der Waals surface area contributed by atoms with Gasteiger partial charge in [0, 0.05) is 13.2 Å². The molecule has 0 aromatic heterocycles. The van der Waals surface area contributed by atoms with E-state index in [4.69, 9.17) is 23.7 Å². The van der Waals surface area contributed by atoms with Crippen molar-refractivity contribution in [1.82, 2.24) is 4.90 Å². The molecule has 4 atom stereocenters. The summed E-state index contributed by atoms with van der Waals surface area (Å²) in [5, 5.41) is 0. The molecule has 4 aromatic carbocycles. The second-order valence-corrected chi connectivity index (χ2v) is 17.5. The van der Waals surface area contributed by atoms with Gasteiger partial charge in [-0.05, 0) is 110 Å². The zero-order valence-electron chi connectivity index (χ0n) is 33.3. The molecule has 6 nitrogen and oxygen atoms in total. The normalized spacial score (nSPS) is 28.5. The van der Waals surface area contributed by atoms with Gasteiger partial charge in [0.15, 0.2) is 0 Å². The number of hydrogen-bond acceptors (Lipinski definition) is 6. The summed E-state index contributed by atoms with van der Waals surface area (Å²) < 4.78 is 33.9. The Labute approximate surface area is 335 Å². The van der Waals surface area contributed by atoms with Crippen molar-refractivity contribution < 1.29 is 23.7 Å². The summed E-state index contributed by atoms with van der Waals surface area (Å²) in [6.45, 7) is 6.14. The molecule has 1 aliphatic heterocycles. The zero-order valence-corrected chi connectivity index (χ0v) is 33.3. The molecule has 1 heterocycles. The molecule has 298 valence electrons. The van der Waals surface area contributed by atoms with Crippen molar-refractivity contribution in [1.29, 1.82) is 0 Å². The second-order valence-electron chi connectivity index (χ2n) is 17.5. The molecule has 1 saturated heterocycles. The lowest BCUT2D eigenvalue weighted by molar-refractivity contribution is -0.210. The van der Waals surface area contributed by atoms with Crippen LogP contribution in [-0.2, 0) is 50.1 Å². The lowest BCUT2D eigenvalue weighted by Gasteiger charge is -2.56. The van der Waals surface area contributed by atoms with Crippen LogP contribution in [-0.4, -0.2) is 62.2 Å². The Kier molecular flexibility index (Phi) is 14.0. The van der Waals surface area contributed by atoms with Crippen molar-refractivity contribution in [3.8, 4) is 0 Å². The molecule has 6 heteroatoms. The molecule has 5 fully saturated rings. The van der Waals surface area contributed by atoms with Gasteiger partial charge in [0.1, 0.15) is 12.2 Å². The van der Waals surface area contributed by atoms with Gasteiger partial charge in [0.25, 0.3) is 0 Å². The number of likely N-dealkylation sites (tertiary alicyclic amines) is 1. The molecule has 0 spiro atoms. The minimum atomic E-state index is -0.290. The average Bonchev–Trinajstić information content (AvgIpc) is 3.23. The van der Waals surface area contributed by atoms with Crippen molar-refractivity contribution in [3.05, 3.63) is 144 Å². The molecule has 4 aromatic rings. The number of rotatable bonds is 21. The Balaban J connectivity index is 0.961. The summed E-state index contributed by atoms with van der Waals surface area (Å²) in [5.41, 5.74) is 5.10. The first-order valence-corrected chi connectivity index (χ1v) is 21.6. The van der Waals surface area contributed by atoms with Crippen LogP contribution >= 0.6 is 0 Å². The monoisotopic (exact) mass is 757 g/mol. The van der Waals surface area contributed by atoms with Gasteiger partial charge in [-0.2, -0.15) is 0 Å². The highest BCUT2D eigenvalue weighted by molar-refractivity contribution is 5.17. The predicted molar refractivity (Wildman–Crippen MR) is 222 cm³/mol. The average molecular weight is 758 g/mol. The zero-order chi connectivity index (χ0) is 37.8. The maximum Gasteiger partial charge on any atom is 0.113 e. The van der Waals surface area contributed by atoms with E-state index < -0.39 is 0 Å². The third kappa shape index (κ3) is 10.8. The van der Waals surface area contributed by atoms with Gasteiger partial charge in [-0.1, -0.05) is 121 Å². The molecule has 4 saturated carbocycles. The van der Waals surface area contributed by atoms with Gasteiger partial charge in [0.2, 0.25) is 0 Å². The summed E-state index contributed by atoms with van der Waals surface area (Å²) in [6, 6.07) is 41.9. The predicted octanol–water partition coefficient (Wildman–Crippen LogP) is 10.0. The topological polar surface area (TPSA) is 49.4 Å². The molecule has 9 rings (SSSR count). The van der Waals surface area contributed by atoms with Crippen LogP contribution in [0.5, 0.6) is 0 Å². The Morgan fingerprint density at radius 2 is 0.982 bits per heavy atom. The highest BCUT2D eigenvalue weighted by Gasteiger charge is 2.51. The Morgan fingerprint density at radius 3 is 1.52 bits per heavy atom. The van der Waals surface area contributed by atoms with E-state index in [1.165, 1.54) is 44.1 Å². The van der Waals surface area contributed by atoms with Crippen LogP contribution in [0, 0.1) is 23.2 Å². The first-order chi connectivity index (χ1) is 27.7. The lowest BCUT2D eigenvalue weighted by Crippen LogP contribution is -2.64. The van der Waals surface area contributed by atoms with Gasteiger partial charge < -0.3 is 23.7 Å². The fraction of sp³-hybridized carbons (Fsp3) is 0.520. The third-order valence-corrected chi connectivity index (χ3v) is 13.0. The van der Waals surface area contributed by atoms with Crippen LogP contribution in [0.15, 0.2) is 121 Å². The standard InChI is InChI=1S/C50H63NO5/c1-6-16-39(17-7-1)33-53-37-46-48(55-35-41-20-10-3-11-21-41)49(56-36-42-22-12-4-13-23-42)47(54-34-40-18-8-2-9-19-40)32-51(46)24-14-5-15-25-52-38-50-29-43-26-44(30-50)28-45(27-43)31-50/h1-4,6-13,16-23,43-49H,5,14-15,24-38H2/t43?,44?,45?,46-,47+,48-,49-,50?/m1/s1. The van der Waals surface area contributed by atoms with Gasteiger partial charge in [-0.3, -0.25) is 4.90 Å². The van der Waals surface area contributed by atoms with E-state index in [1.807, 2.05) is 0 Å². The van der Waals surface area contributed by atoms with Gasteiger partial charge in [-0.25, -0.2) is 0 Å². The summed E-state index contributed by atoms with van der Waals surface area (Å²) >= 11 is 0. The molecule has 4 bridgehead atoms. The molecule has 0 N–H and O–H groups in total. The number of ether oxygens (including phenoxy) is 5. The van der Waals surface area contributed by atoms with Crippen LogP contribution < -0.4 is 0 Å². The Morgan fingerprint density at radius 1 is 0.500 bits per heavy atom. The number of piperidine rings is 1. The fourth-order valence-electron chi connectivity index (χ4n) is 10.8. The van der Waals surface area contributed by atoms with E-state index in [0.717, 1.165) is 80.0 Å². The lowest BCUT2D eigenvalue weighted by atomic mass is 9.50. The Bertz CT molecular complexity index is 1670. The molecule has 0 amide bonds. The van der Waals surface area contributed by atoms with E-state index in [1.54, 1.807) is 0 Å². The first-order valence-electron chi connectivity index (χ1n) is 21.6. The van der Waals surface area contributed by atoms with Gasteiger partial charge >= 0.3 is 0 Å². The van der Waals surface area contributed by atoms with E-state index in [-0.39, 0.29) is 24.4 Å². The van der Waals surface area contributed by atoms with Gasteiger partial charge in [-0.15, -0.1) is 0 Å². The molecule has 0 radical (unpaired) electrons. The summed E-state index contributed by atoms with van der Waals surface area (Å²) in [7, 11) is 0. The van der Waals surface area contributed by atoms with Crippen molar-refractivity contribution in [2.75, 3.05) is 32.9 Å². The second kappa shape index (κ2) is 19.9. The SMILES string of the molecule is c1ccc(COC[C@@H]2[C@@H](OCc3ccccc3)[C@H](OCc3ccccc3)[C@@H](OCc3ccccc3)CN2CCCCCOCC23CC4CC(CC(C4)C2)C3)cc1. The van der Waals surface area contributed by atoms with E-state index in [2.05, 4.69) is 126 Å². The number of benzene rings is 4. The van der Waals surface area contributed by atoms with Crippen LogP contribution in [0.1, 0.15) is 80.0 Å². The number of nitrogens with zero attached hydrogens (tertiary/aromatic N) is 1. The summed E-state index contributed by atoms with van der Waals surface area (Å²) in [6.07, 6.45) is 11.3. The highest BCUT2D eigenvalue weighted by atomic mass is 16.6. The van der Waals surface area contributed by atoms with Crippen molar-refractivity contribution in [3.63, 3.8) is 0 Å². The molecule has 5 aliphatic rings. The summed E-state index contributed by atoms with van der Waals surface area (Å²) in [5.74, 6) is 2.93. The Hall–Kier alpha value is -3.36. The molecule has 4 aliphatic carbocycles. The van der Waals surface area contributed by atoms with Crippen molar-refractivity contribution in [2.45, 2.75) is 109 Å². The van der Waals surface area contributed by atoms with Gasteiger partial charge in [0.05, 0.1) is 51.8 Å². The van der Waals surface area contributed by atoms with Crippen molar-refractivity contribution in [2.24, 2.45) is 23.2 Å². The van der Waals surface area contributed by atoms with Crippen LogP contribution in [0.3, 0.4) is 0 Å². The van der Waals surface area contributed by atoms with Crippen LogP contribution in [0.25, 0.3) is 0 Å². The molecular formula is C50H63NO5. The molecular weight excluding hydrogens is 695 g/mol. The fourth-order valence-corrected chi connectivity index (χ4v) is 10.8. The highest BCUT2D eigenvalue weighted by Crippen LogP contribution is 2.60. The smallest absolute Gasteiger partial charge is 0.113 e. The largest absolute Gasteiger partial charge is 0.381 e. The van der Waals surface area contributed by atoms with Crippen molar-refractivity contribution >= 4 is 0 Å².